The molecule has 1 amide bonds. The highest BCUT2D eigenvalue weighted by atomic mass is 35.5. The fourth-order valence-electron chi connectivity index (χ4n) is 2.75. The summed E-state index contributed by atoms with van der Waals surface area (Å²) in [5.74, 6) is -0.0851. The van der Waals surface area contributed by atoms with Crippen molar-refractivity contribution in [2.45, 2.75) is 25.4 Å². The van der Waals surface area contributed by atoms with Crippen molar-refractivity contribution in [3.63, 3.8) is 0 Å². The highest BCUT2D eigenvalue weighted by molar-refractivity contribution is 7.91. The molecule has 1 atom stereocenters. The monoisotopic (exact) mass is 378 g/mol. The molecule has 5 nitrogen and oxygen atoms in total. The molecule has 0 unspecified atom stereocenters. The molecule has 1 N–H and O–H groups in total. The zero-order chi connectivity index (χ0) is 17.3. The molecule has 1 aliphatic rings. The number of halogens is 2. The topological polar surface area (TPSA) is 66.5 Å². The lowest BCUT2D eigenvalue weighted by Crippen LogP contribution is -2.49. The number of nitrogens with zero attached hydrogens (tertiary/aromatic N) is 1. The van der Waals surface area contributed by atoms with Crippen LogP contribution in [0.15, 0.2) is 18.2 Å². The quantitative estimate of drug-likeness (QED) is 0.851. The lowest BCUT2D eigenvalue weighted by molar-refractivity contribution is -0.123. The Hall–Kier alpha value is -0.820. The largest absolute Gasteiger partial charge is 0.349 e. The molecule has 1 aromatic rings. The van der Waals surface area contributed by atoms with Crippen LogP contribution in [0.1, 0.15) is 18.9 Å². The minimum atomic E-state index is -3.05. The van der Waals surface area contributed by atoms with E-state index in [1.54, 1.807) is 24.9 Å². The van der Waals surface area contributed by atoms with Crippen LogP contribution >= 0.6 is 23.2 Å². The Kier molecular flexibility index (Phi) is 5.61. The van der Waals surface area contributed by atoms with Crippen LogP contribution < -0.4 is 5.32 Å². The molecule has 8 heteroatoms. The summed E-state index contributed by atoms with van der Waals surface area (Å²) in [6, 6.07) is 5.37. The van der Waals surface area contributed by atoms with E-state index < -0.39 is 15.4 Å². The van der Waals surface area contributed by atoms with Crippen LogP contribution in [-0.4, -0.2) is 49.9 Å². The first-order valence-electron chi connectivity index (χ1n) is 7.23. The first-order valence-corrected chi connectivity index (χ1v) is 9.81. The predicted octanol–water partition coefficient (Wildman–Crippen LogP) is 2.12. The summed E-state index contributed by atoms with van der Waals surface area (Å²) in [7, 11) is -1.25. The molecule has 1 saturated heterocycles. The molecular weight excluding hydrogens is 359 g/mol. The predicted molar refractivity (Wildman–Crippen MR) is 92.6 cm³/mol. The molecule has 0 spiro atoms. The standard InChI is InChI=1S/C15H20Cl2N2O3S/c1-15(6-7-23(21,22)10-15)18-13(20)9-19(2)8-11-4-3-5-12(16)14(11)17/h3-5H,6-10H2,1-2H3,(H,18,20)/t15-/m1/s1. The molecule has 1 aliphatic heterocycles. The van der Waals surface area contributed by atoms with Gasteiger partial charge in [0, 0.05) is 6.54 Å². The van der Waals surface area contributed by atoms with Gasteiger partial charge in [-0.1, -0.05) is 35.3 Å². The fraction of sp³-hybridized carbons (Fsp3) is 0.533. The first kappa shape index (κ1) is 18.5. The molecule has 0 saturated carbocycles. The van der Waals surface area contributed by atoms with Gasteiger partial charge in [0.05, 0.1) is 33.6 Å². The van der Waals surface area contributed by atoms with Gasteiger partial charge >= 0.3 is 0 Å². The molecule has 0 radical (unpaired) electrons. The van der Waals surface area contributed by atoms with E-state index in [1.165, 1.54) is 0 Å². The summed E-state index contributed by atoms with van der Waals surface area (Å²) in [5.41, 5.74) is 0.161. The summed E-state index contributed by atoms with van der Waals surface area (Å²) in [6.45, 7) is 2.39. The summed E-state index contributed by atoms with van der Waals surface area (Å²) in [4.78, 5) is 14.0. The van der Waals surface area contributed by atoms with Crippen molar-refractivity contribution in [3.05, 3.63) is 33.8 Å². The number of nitrogens with one attached hydrogen (secondary N) is 1. The van der Waals surface area contributed by atoms with Crippen LogP contribution in [0.2, 0.25) is 10.0 Å². The van der Waals surface area contributed by atoms with E-state index in [4.69, 9.17) is 23.2 Å². The second-order valence-electron chi connectivity index (χ2n) is 6.34. The van der Waals surface area contributed by atoms with Crippen molar-refractivity contribution in [1.29, 1.82) is 0 Å². The van der Waals surface area contributed by atoms with E-state index in [0.29, 0.717) is 23.0 Å². The summed E-state index contributed by atoms with van der Waals surface area (Å²) >= 11 is 12.1. The molecule has 1 heterocycles. The Morgan fingerprint density at radius 2 is 2.09 bits per heavy atom. The lowest BCUT2D eigenvalue weighted by Gasteiger charge is -2.26. The van der Waals surface area contributed by atoms with Gasteiger partial charge in [-0.3, -0.25) is 9.69 Å². The zero-order valence-corrected chi connectivity index (χ0v) is 15.4. The number of hydrogen-bond acceptors (Lipinski definition) is 4. The SMILES string of the molecule is CN(CC(=O)N[C@]1(C)CCS(=O)(=O)C1)Cc1cccc(Cl)c1Cl. The Morgan fingerprint density at radius 1 is 1.39 bits per heavy atom. The number of likely N-dealkylation sites (N-methyl/N-ethyl adjacent to an activating group) is 1. The highest BCUT2D eigenvalue weighted by Gasteiger charge is 2.39. The molecule has 128 valence electrons. The van der Waals surface area contributed by atoms with Gasteiger partial charge in [0.15, 0.2) is 9.84 Å². The zero-order valence-electron chi connectivity index (χ0n) is 13.1. The van der Waals surface area contributed by atoms with Crippen LogP contribution in [-0.2, 0) is 21.2 Å². The maximum atomic E-state index is 12.2. The van der Waals surface area contributed by atoms with Gasteiger partial charge in [0.2, 0.25) is 5.91 Å². The van der Waals surface area contributed by atoms with Gasteiger partial charge in [-0.25, -0.2) is 8.42 Å². The van der Waals surface area contributed by atoms with Gasteiger partial charge < -0.3 is 5.32 Å². The molecule has 0 bridgehead atoms. The number of carbonyl (C=O) groups excluding carboxylic acids is 1. The molecule has 0 aromatic heterocycles. The second-order valence-corrected chi connectivity index (χ2v) is 9.31. The fourth-order valence-corrected chi connectivity index (χ4v) is 5.22. The minimum absolute atomic E-state index is 0.00439. The Morgan fingerprint density at radius 3 is 2.70 bits per heavy atom. The summed E-state index contributed by atoms with van der Waals surface area (Å²) in [5, 5.41) is 3.79. The number of hydrogen-bond donors (Lipinski definition) is 1. The van der Waals surface area contributed by atoms with E-state index in [0.717, 1.165) is 5.56 Å². The van der Waals surface area contributed by atoms with E-state index >= 15 is 0 Å². The van der Waals surface area contributed by atoms with Crippen LogP contribution in [0.4, 0.5) is 0 Å². The van der Waals surface area contributed by atoms with E-state index in [-0.39, 0.29) is 24.0 Å². The van der Waals surface area contributed by atoms with Crippen molar-refractivity contribution in [2.75, 3.05) is 25.1 Å². The molecule has 0 aliphatic carbocycles. The van der Waals surface area contributed by atoms with Crippen LogP contribution in [0.3, 0.4) is 0 Å². The molecule has 1 fully saturated rings. The minimum Gasteiger partial charge on any atom is -0.349 e. The van der Waals surface area contributed by atoms with Crippen molar-refractivity contribution >= 4 is 38.9 Å². The molecule has 23 heavy (non-hydrogen) atoms. The smallest absolute Gasteiger partial charge is 0.234 e. The maximum absolute atomic E-state index is 12.2. The van der Waals surface area contributed by atoms with Gasteiger partial charge in [-0.05, 0) is 32.0 Å². The average Bonchev–Trinajstić information content (AvgIpc) is 2.68. The maximum Gasteiger partial charge on any atom is 0.234 e. The van der Waals surface area contributed by atoms with E-state index in [9.17, 15) is 13.2 Å². The summed E-state index contributed by atoms with van der Waals surface area (Å²) < 4.78 is 23.1. The number of sulfone groups is 1. The van der Waals surface area contributed by atoms with Crippen molar-refractivity contribution in [1.82, 2.24) is 10.2 Å². The van der Waals surface area contributed by atoms with E-state index in [2.05, 4.69) is 5.32 Å². The Labute approximate surface area is 146 Å². The number of amides is 1. The van der Waals surface area contributed by atoms with Crippen molar-refractivity contribution in [3.8, 4) is 0 Å². The molecule has 2 rings (SSSR count). The molecule has 1 aromatic carbocycles. The second kappa shape index (κ2) is 6.97. The van der Waals surface area contributed by atoms with Gasteiger partial charge in [-0.15, -0.1) is 0 Å². The third-order valence-corrected chi connectivity index (χ3v) is 6.59. The summed E-state index contributed by atoms with van der Waals surface area (Å²) in [6.07, 6.45) is 0.449. The third-order valence-electron chi connectivity index (χ3n) is 3.83. The third kappa shape index (κ3) is 5.08. The number of carbonyl (C=O) groups is 1. The van der Waals surface area contributed by atoms with Gasteiger partial charge in [0.1, 0.15) is 0 Å². The highest BCUT2D eigenvalue weighted by Crippen LogP contribution is 2.26. The van der Waals surface area contributed by atoms with Gasteiger partial charge in [-0.2, -0.15) is 0 Å². The van der Waals surface area contributed by atoms with Crippen molar-refractivity contribution < 1.29 is 13.2 Å². The average molecular weight is 379 g/mol. The number of benzene rings is 1. The Bertz CT molecular complexity index is 709. The first-order chi connectivity index (χ1) is 10.6. The van der Waals surface area contributed by atoms with E-state index in [1.807, 2.05) is 12.1 Å². The Balaban J connectivity index is 1.91. The van der Waals surface area contributed by atoms with Crippen molar-refractivity contribution in [2.24, 2.45) is 0 Å². The number of rotatable bonds is 5. The van der Waals surface area contributed by atoms with Gasteiger partial charge in [0.25, 0.3) is 0 Å². The van der Waals surface area contributed by atoms with Crippen LogP contribution in [0.5, 0.6) is 0 Å². The van der Waals surface area contributed by atoms with Crippen LogP contribution in [0, 0.1) is 0 Å². The normalized spacial score (nSPS) is 23.2. The molecular formula is C15H20Cl2N2O3S. The lowest BCUT2D eigenvalue weighted by atomic mass is 10.0. The van der Waals surface area contributed by atoms with Crippen LogP contribution in [0.25, 0.3) is 0 Å².